The lowest BCUT2D eigenvalue weighted by molar-refractivity contribution is -0.137. The Kier molecular flexibility index (Phi) is 3.18. The van der Waals surface area contributed by atoms with Crippen molar-refractivity contribution in [1.82, 2.24) is 4.98 Å². The molecule has 0 amide bonds. The number of hydrogen-bond acceptors (Lipinski definition) is 3. The number of hydrogen-bond donors (Lipinski definition) is 2. The topological polar surface area (TPSA) is 53.4 Å². The van der Waals surface area contributed by atoms with Gasteiger partial charge >= 0.3 is 13.3 Å². The fourth-order valence-corrected chi connectivity index (χ4v) is 1.48. The molecule has 1 heterocycles. The standard InChI is InChI=1S/C6H4BBrF3NO2/c8-3-1-2-12-5(7(13)14)4(3)6(9,10)11/h1-2,13-14H. The van der Waals surface area contributed by atoms with Crippen LogP contribution in [0.25, 0.3) is 0 Å². The molecule has 0 saturated carbocycles. The fraction of sp³-hybridized carbons (Fsp3) is 0.167. The molecule has 2 N–H and O–H groups in total. The summed E-state index contributed by atoms with van der Waals surface area (Å²) in [5, 5.41) is 17.3. The smallest absolute Gasteiger partial charge is 0.422 e. The first-order valence-electron chi connectivity index (χ1n) is 3.41. The van der Waals surface area contributed by atoms with Crippen LogP contribution >= 0.6 is 15.9 Å². The summed E-state index contributed by atoms with van der Waals surface area (Å²) in [6.45, 7) is 0. The van der Waals surface area contributed by atoms with Gasteiger partial charge in [-0.1, -0.05) is 15.9 Å². The van der Waals surface area contributed by atoms with Crippen LogP contribution in [-0.2, 0) is 6.18 Å². The van der Waals surface area contributed by atoms with E-state index in [1.165, 1.54) is 0 Å². The Balaban J connectivity index is 3.38. The molecule has 0 radical (unpaired) electrons. The summed E-state index contributed by atoms with van der Waals surface area (Å²) in [7, 11) is -2.25. The molecule has 0 aliphatic heterocycles. The van der Waals surface area contributed by atoms with Gasteiger partial charge in [0.2, 0.25) is 0 Å². The van der Waals surface area contributed by atoms with E-state index in [0.29, 0.717) is 0 Å². The third-order valence-electron chi connectivity index (χ3n) is 1.46. The van der Waals surface area contributed by atoms with Crippen molar-refractivity contribution in [2.75, 3.05) is 0 Å². The third-order valence-corrected chi connectivity index (χ3v) is 2.12. The summed E-state index contributed by atoms with van der Waals surface area (Å²) in [6, 6.07) is 1.08. The lowest BCUT2D eigenvalue weighted by Crippen LogP contribution is -2.38. The summed E-state index contributed by atoms with van der Waals surface area (Å²) in [6.07, 6.45) is -3.62. The first-order chi connectivity index (χ1) is 6.34. The molecule has 0 fully saturated rings. The summed E-state index contributed by atoms with van der Waals surface area (Å²) in [5.41, 5.74) is -1.98. The molecule has 0 aliphatic rings. The lowest BCUT2D eigenvalue weighted by Gasteiger charge is -2.12. The molecule has 0 atom stereocenters. The van der Waals surface area contributed by atoms with Gasteiger partial charge < -0.3 is 10.0 Å². The van der Waals surface area contributed by atoms with Crippen molar-refractivity contribution in [3.8, 4) is 0 Å². The molecular weight excluding hydrogens is 266 g/mol. The number of alkyl halides is 3. The summed E-state index contributed by atoms with van der Waals surface area (Å²) in [5.74, 6) is 0. The second-order valence-corrected chi connectivity index (χ2v) is 3.28. The van der Waals surface area contributed by atoms with Crippen LogP contribution in [0.4, 0.5) is 13.2 Å². The maximum atomic E-state index is 12.4. The van der Waals surface area contributed by atoms with Gasteiger partial charge in [0.25, 0.3) is 0 Å². The van der Waals surface area contributed by atoms with Crippen LogP contribution in [0.5, 0.6) is 0 Å². The second-order valence-electron chi connectivity index (χ2n) is 2.42. The predicted octanol–water partition coefficient (Wildman–Crippen LogP) is 0.543. The molecule has 0 aromatic carbocycles. The van der Waals surface area contributed by atoms with E-state index in [1.807, 2.05) is 0 Å². The van der Waals surface area contributed by atoms with E-state index in [4.69, 9.17) is 10.0 Å². The van der Waals surface area contributed by atoms with Gasteiger partial charge in [0.1, 0.15) is 0 Å². The van der Waals surface area contributed by atoms with E-state index in [-0.39, 0.29) is 4.47 Å². The second kappa shape index (κ2) is 3.88. The monoisotopic (exact) mass is 269 g/mol. The quantitative estimate of drug-likeness (QED) is 0.732. The summed E-state index contributed by atoms with van der Waals surface area (Å²) >= 11 is 2.67. The molecule has 0 bridgehead atoms. The molecule has 0 unspecified atom stereocenters. The maximum Gasteiger partial charge on any atom is 0.508 e. The average Bonchev–Trinajstić information content (AvgIpc) is 2.01. The zero-order chi connectivity index (χ0) is 10.9. The first kappa shape index (κ1) is 11.5. The van der Waals surface area contributed by atoms with Gasteiger partial charge in [-0.2, -0.15) is 13.2 Å². The van der Waals surface area contributed by atoms with Crippen molar-refractivity contribution in [3.63, 3.8) is 0 Å². The number of aromatic nitrogens is 1. The van der Waals surface area contributed by atoms with Crippen molar-refractivity contribution >= 4 is 28.6 Å². The summed E-state index contributed by atoms with van der Waals surface area (Å²) in [4.78, 5) is 3.26. The predicted molar refractivity (Wildman–Crippen MR) is 46.8 cm³/mol. The number of halogens is 4. The van der Waals surface area contributed by atoms with Crippen molar-refractivity contribution in [1.29, 1.82) is 0 Å². The average molecular weight is 270 g/mol. The molecule has 1 aromatic heterocycles. The maximum absolute atomic E-state index is 12.4. The van der Waals surface area contributed by atoms with Crippen LogP contribution in [0, 0.1) is 0 Å². The van der Waals surface area contributed by atoms with Gasteiger partial charge in [0, 0.05) is 10.7 Å². The summed E-state index contributed by atoms with van der Waals surface area (Å²) < 4.78 is 36.9. The highest BCUT2D eigenvalue weighted by molar-refractivity contribution is 9.10. The highest BCUT2D eigenvalue weighted by Gasteiger charge is 2.39. The molecule has 76 valence electrons. The molecule has 14 heavy (non-hydrogen) atoms. The van der Waals surface area contributed by atoms with E-state index in [1.54, 1.807) is 0 Å². The van der Waals surface area contributed by atoms with Crippen LogP contribution in [0.15, 0.2) is 16.7 Å². The SMILES string of the molecule is OB(O)c1nccc(Br)c1C(F)(F)F. The van der Waals surface area contributed by atoms with Crippen molar-refractivity contribution in [2.45, 2.75) is 6.18 Å². The van der Waals surface area contributed by atoms with Crippen molar-refractivity contribution in [3.05, 3.63) is 22.3 Å². The van der Waals surface area contributed by atoms with E-state index >= 15 is 0 Å². The number of rotatable bonds is 1. The molecule has 1 aromatic rings. The van der Waals surface area contributed by atoms with Gasteiger partial charge in [-0.15, -0.1) is 0 Å². The Hall–Kier alpha value is -0.595. The van der Waals surface area contributed by atoms with E-state index in [2.05, 4.69) is 20.9 Å². The molecule has 3 nitrogen and oxygen atoms in total. The molecule has 0 aliphatic carbocycles. The van der Waals surface area contributed by atoms with Gasteiger partial charge in [-0.3, -0.25) is 4.98 Å². The number of pyridine rings is 1. The molecule has 8 heteroatoms. The molecule has 0 saturated heterocycles. The van der Waals surface area contributed by atoms with E-state index < -0.39 is 24.5 Å². The molecule has 0 spiro atoms. The van der Waals surface area contributed by atoms with E-state index in [0.717, 1.165) is 12.3 Å². The minimum Gasteiger partial charge on any atom is -0.422 e. The Labute approximate surface area is 85.9 Å². The van der Waals surface area contributed by atoms with Crippen LogP contribution in [0.1, 0.15) is 5.56 Å². The van der Waals surface area contributed by atoms with Gasteiger partial charge in [-0.05, 0) is 6.07 Å². The molecular formula is C6H4BBrF3NO2. The molecule has 1 rings (SSSR count). The Bertz CT molecular complexity index is 344. The zero-order valence-electron chi connectivity index (χ0n) is 6.59. The zero-order valence-corrected chi connectivity index (χ0v) is 8.17. The Morgan fingerprint density at radius 3 is 2.29 bits per heavy atom. The van der Waals surface area contributed by atoms with Gasteiger partial charge in [0.15, 0.2) is 0 Å². The number of nitrogens with zero attached hydrogens (tertiary/aromatic N) is 1. The minimum absolute atomic E-state index is 0.275. The van der Waals surface area contributed by atoms with E-state index in [9.17, 15) is 13.2 Å². The van der Waals surface area contributed by atoms with Crippen LogP contribution in [0.3, 0.4) is 0 Å². The highest BCUT2D eigenvalue weighted by atomic mass is 79.9. The fourth-order valence-electron chi connectivity index (χ4n) is 0.930. The largest absolute Gasteiger partial charge is 0.508 e. The van der Waals surface area contributed by atoms with Gasteiger partial charge in [-0.25, -0.2) is 0 Å². The highest BCUT2D eigenvalue weighted by Crippen LogP contribution is 2.32. The van der Waals surface area contributed by atoms with Crippen LogP contribution in [-0.4, -0.2) is 22.2 Å². The first-order valence-corrected chi connectivity index (χ1v) is 4.21. The van der Waals surface area contributed by atoms with Crippen molar-refractivity contribution in [2.24, 2.45) is 0 Å². The third kappa shape index (κ3) is 2.25. The Morgan fingerprint density at radius 2 is 1.93 bits per heavy atom. The normalized spacial score (nSPS) is 11.6. The minimum atomic E-state index is -4.67. The van der Waals surface area contributed by atoms with Crippen molar-refractivity contribution < 1.29 is 23.2 Å². The van der Waals surface area contributed by atoms with Gasteiger partial charge in [0.05, 0.1) is 11.2 Å². The van der Waals surface area contributed by atoms with Crippen LogP contribution in [0.2, 0.25) is 0 Å². The Morgan fingerprint density at radius 1 is 1.36 bits per heavy atom. The van der Waals surface area contributed by atoms with Crippen LogP contribution < -0.4 is 5.59 Å². The lowest BCUT2D eigenvalue weighted by atomic mass is 9.82.